The first kappa shape index (κ1) is 26.2. The number of benzene rings is 2. The molecule has 0 bridgehead atoms. The molecule has 3 aromatic rings. The zero-order chi connectivity index (χ0) is 26.5. The lowest BCUT2D eigenvalue weighted by Gasteiger charge is -2.39. The summed E-state index contributed by atoms with van der Waals surface area (Å²) in [5, 5.41) is 1.12. The summed E-state index contributed by atoms with van der Waals surface area (Å²) in [6.45, 7) is 2.46. The molecule has 1 aromatic heterocycles. The van der Waals surface area contributed by atoms with Crippen molar-refractivity contribution in [1.29, 1.82) is 0 Å². The first-order valence-corrected chi connectivity index (χ1v) is 12.5. The Morgan fingerprint density at radius 1 is 1.00 bits per heavy atom. The highest BCUT2D eigenvalue weighted by Gasteiger charge is 2.45. The van der Waals surface area contributed by atoms with Crippen LogP contribution in [0.5, 0.6) is 0 Å². The Hall–Kier alpha value is -3.87. The van der Waals surface area contributed by atoms with Gasteiger partial charge in [0.1, 0.15) is 5.78 Å². The number of carbonyl (C=O) groups excluding carboxylic acids is 3. The van der Waals surface area contributed by atoms with Crippen molar-refractivity contribution >= 4 is 28.6 Å². The Kier molecular flexibility index (Phi) is 8.11. The predicted molar refractivity (Wildman–Crippen MR) is 141 cm³/mol. The van der Waals surface area contributed by atoms with Crippen molar-refractivity contribution < 1.29 is 23.9 Å². The maximum Gasteiger partial charge on any atom is 0.335 e. The van der Waals surface area contributed by atoms with Crippen molar-refractivity contribution in [2.75, 3.05) is 20.8 Å². The van der Waals surface area contributed by atoms with E-state index in [1.54, 1.807) is 6.20 Å². The monoisotopic (exact) mass is 502 g/mol. The van der Waals surface area contributed by atoms with Gasteiger partial charge in [-0.2, -0.15) is 0 Å². The molecule has 0 saturated heterocycles. The number of aromatic nitrogens is 1. The van der Waals surface area contributed by atoms with Gasteiger partial charge in [0.05, 0.1) is 25.7 Å². The molecule has 3 atom stereocenters. The first-order valence-electron chi connectivity index (χ1n) is 12.5. The molecule has 0 amide bonds. The van der Waals surface area contributed by atoms with E-state index in [1.807, 2.05) is 54.4 Å². The van der Waals surface area contributed by atoms with Crippen LogP contribution in [0.25, 0.3) is 10.9 Å². The number of aryl methyl sites for hydroxylation is 2. The second kappa shape index (κ2) is 11.5. The Morgan fingerprint density at radius 3 is 2.38 bits per heavy atom. The number of ether oxygens (including phenoxy) is 2. The molecule has 0 N–H and O–H groups in total. The van der Waals surface area contributed by atoms with E-state index >= 15 is 0 Å². The number of ketones is 1. The molecule has 4 rings (SSSR count). The van der Waals surface area contributed by atoms with E-state index < -0.39 is 29.7 Å². The van der Waals surface area contributed by atoms with Crippen molar-refractivity contribution in [1.82, 2.24) is 9.47 Å². The third kappa shape index (κ3) is 5.61. The quantitative estimate of drug-likeness (QED) is 0.406. The molecule has 37 heavy (non-hydrogen) atoms. The third-order valence-corrected chi connectivity index (χ3v) is 7.36. The summed E-state index contributed by atoms with van der Waals surface area (Å²) >= 11 is 0. The van der Waals surface area contributed by atoms with Gasteiger partial charge < -0.3 is 18.9 Å². The van der Waals surface area contributed by atoms with Crippen LogP contribution in [0, 0.1) is 17.8 Å². The molecule has 1 aliphatic heterocycles. The summed E-state index contributed by atoms with van der Waals surface area (Å²) in [5.41, 5.74) is 3.61. The van der Waals surface area contributed by atoms with E-state index in [1.165, 1.54) is 21.1 Å². The average molecular weight is 503 g/mol. The highest BCUT2D eigenvalue weighted by atomic mass is 16.5. The fourth-order valence-electron chi connectivity index (χ4n) is 5.56. The van der Waals surface area contributed by atoms with Crippen molar-refractivity contribution in [3.8, 4) is 0 Å². The summed E-state index contributed by atoms with van der Waals surface area (Å²) in [4.78, 5) is 41.1. The van der Waals surface area contributed by atoms with Gasteiger partial charge in [0.25, 0.3) is 0 Å². The molecule has 0 fully saturated rings. The zero-order valence-corrected chi connectivity index (χ0v) is 21.8. The van der Waals surface area contributed by atoms with Crippen molar-refractivity contribution in [2.24, 2.45) is 24.8 Å². The SMILES string of the molecule is COC(=O)C1=CN(Cc2ccccc2)C[C@@H](C(C)=O)[C@H]1C(CCc1cn(C)c2ccccc12)C(=O)OC. The molecule has 194 valence electrons. The summed E-state index contributed by atoms with van der Waals surface area (Å²) < 4.78 is 12.4. The second-order valence-corrected chi connectivity index (χ2v) is 9.68. The standard InChI is InChI=1S/C30H34N2O5/c1-20(33)25-18-32(16-21-10-6-5-7-11-21)19-26(30(35)37-4)28(25)24(29(34)36-3)15-14-22-17-31(2)27-13-9-8-12-23(22)27/h5-13,17,19,24-25,28H,14-16,18H2,1-4H3/t24?,25-,28+/m0/s1. The molecule has 0 radical (unpaired) electrons. The second-order valence-electron chi connectivity index (χ2n) is 9.68. The van der Waals surface area contributed by atoms with Crippen LogP contribution >= 0.6 is 0 Å². The Balaban J connectivity index is 1.70. The Morgan fingerprint density at radius 2 is 1.70 bits per heavy atom. The number of fused-ring (bicyclic) bond motifs is 1. The number of rotatable bonds is 9. The molecule has 7 heteroatoms. The molecular formula is C30H34N2O5. The number of hydrogen-bond donors (Lipinski definition) is 0. The number of para-hydroxylation sites is 1. The van der Waals surface area contributed by atoms with E-state index in [0.29, 0.717) is 31.5 Å². The van der Waals surface area contributed by atoms with Gasteiger partial charge >= 0.3 is 11.9 Å². The predicted octanol–water partition coefficient (Wildman–Crippen LogP) is 4.29. The number of nitrogens with zero attached hydrogens (tertiary/aromatic N) is 2. The van der Waals surface area contributed by atoms with Crippen LogP contribution in [0.15, 0.2) is 72.6 Å². The highest BCUT2D eigenvalue weighted by Crippen LogP contribution is 2.39. The Labute approximate surface area is 217 Å². The number of esters is 2. The number of methoxy groups -OCH3 is 2. The van der Waals surface area contributed by atoms with E-state index in [9.17, 15) is 14.4 Å². The fraction of sp³-hybridized carbons (Fsp3) is 0.367. The maximum atomic E-state index is 13.2. The van der Waals surface area contributed by atoms with Gasteiger partial charge in [-0.3, -0.25) is 9.59 Å². The number of carbonyl (C=O) groups is 3. The number of Topliss-reactive ketones (excluding diaryl/α,β-unsaturated/α-hetero) is 1. The third-order valence-electron chi connectivity index (χ3n) is 7.36. The maximum absolute atomic E-state index is 13.2. The lowest BCUT2D eigenvalue weighted by molar-refractivity contribution is -0.149. The molecule has 0 saturated carbocycles. The lowest BCUT2D eigenvalue weighted by Crippen LogP contribution is -2.46. The minimum atomic E-state index is -0.679. The smallest absolute Gasteiger partial charge is 0.335 e. The number of hydrogen-bond acceptors (Lipinski definition) is 6. The largest absolute Gasteiger partial charge is 0.469 e. The lowest BCUT2D eigenvalue weighted by atomic mass is 9.71. The first-order chi connectivity index (χ1) is 17.8. The van der Waals surface area contributed by atoms with E-state index in [-0.39, 0.29) is 5.78 Å². The van der Waals surface area contributed by atoms with Crippen molar-refractivity contribution in [3.63, 3.8) is 0 Å². The van der Waals surface area contributed by atoms with E-state index in [0.717, 1.165) is 22.0 Å². The van der Waals surface area contributed by atoms with Crippen molar-refractivity contribution in [3.05, 3.63) is 83.7 Å². The normalized spacial score (nSPS) is 18.3. The summed E-state index contributed by atoms with van der Waals surface area (Å²) in [6, 6.07) is 18.0. The molecular weight excluding hydrogens is 468 g/mol. The topological polar surface area (TPSA) is 77.8 Å². The van der Waals surface area contributed by atoms with Gasteiger partial charge in [-0.05, 0) is 37.0 Å². The average Bonchev–Trinajstić information content (AvgIpc) is 3.24. The zero-order valence-electron chi connectivity index (χ0n) is 21.8. The molecule has 7 nitrogen and oxygen atoms in total. The minimum absolute atomic E-state index is 0.0726. The van der Waals surface area contributed by atoms with Gasteiger partial charge in [-0.1, -0.05) is 48.5 Å². The molecule has 0 aliphatic carbocycles. The van der Waals surface area contributed by atoms with Crippen LogP contribution < -0.4 is 0 Å². The molecule has 1 aliphatic rings. The summed E-state index contributed by atoms with van der Waals surface area (Å²) in [5.74, 6) is -2.91. The Bertz CT molecular complexity index is 1310. The highest BCUT2D eigenvalue weighted by molar-refractivity contribution is 5.93. The van der Waals surface area contributed by atoms with Crippen LogP contribution in [0.4, 0.5) is 0 Å². The molecule has 2 heterocycles. The van der Waals surface area contributed by atoms with E-state index in [2.05, 4.69) is 22.9 Å². The van der Waals surface area contributed by atoms with Gasteiger partial charge in [0.2, 0.25) is 0 Å². The van der Waals surface area contributed by atoms with Crippen LogP contribution in [0.2, 0.25) is 0 Å². The van der Waals surface area contributed by atoms with Crippen LogP contribution in [-0.4, -0.2) is 48.0 Å². The summed E-state index contributed by atoms with van der Waals surface area (Å²) in [7, 11) is 4.67. The van der Waals surface area contributed by atoms with Crippen molar-refractivity contribution in [2.45, 2.75) is 26.3 Å². The van der Waals surface area contributed by atoms with Gasteiger partial charge in [0, 0.05) is 55.3 Å². The van der Waals surface area contributed by atoms with Crippen LogP contribution in [-0.2, 0) is 43.9 Å². The van der Waals surface area contributed by atoms with Gasteiger partial charge in [0.15, 0.2) is 0 Å². The van der Waals surface area contributed by atoms with Crippen LogP contribution in [0.1, 0.15) is 24.5 Å². The van der Waals surface area contributed by atoms with Gasteiger partial charge in [-0.25, -0.2) is 4.79 Å². The minimum Gasteiger partial charge on any atom is -0.469 e. The molecule has 0 spiro atoms. The molecule has 2 aromatic carbocycles. The van der Waals surface area contributed by atoms with E-state index in [4.69, 9.17) is 9.47 Å². The van der Waals surface area contributed by atoms with Crippen LogP contribution in [0.3, 0.4) is 0 Å². The molecule has 1 unspecified atom stereocenters. The van der Waals surface area contributed by atoms with Gasteiger partial charge in [-0.15, -0.1) is 0 Å². The fourth-order valence-corrected chi connectivity index (χ4v) is 5.56. The summed E-state index contributed by atoms with van der Waals surface area (Å²) in [6.07, 6.45) is 4.87.